The molecule has 2 aromatic carbocycles. The number of anilines is 1. The molecule has 2 N–H and O–H groups in total. The number of rotatable bonds is 10. The van der Waals surface area contributed by atoms with Gasteiger partial charge in [-0.15, -0.1) is 0 Å². The molecule has 4 aliphatic heterocycles. The fourth-order valence-electron chi connectivity index (χ4n) is 9.59. The summed E-state index contributed by atoms with van der Waals surface area (Å²) in [7, 11) is 0. The fourth-order valence-corrected chi connectivity index (χ4v) is 9.59. The van der Waals surface area contributed by atoms with E-state index in [9.17, 15) is 19.5 Å². The van der Waals surface area contributed by atoms with Gasteiger partial charge in [0.15, 0.2) is 5.66 Å². The number of carboxylic acid groups (broad SMARTS) is 1. The molecule has 0 spiro atoms. The predicted octanol–water partition coefficient (Wildman–Crippen LogP) is 5.45. The molecule has 2 aromatic rings. The second kappa shape index (κ2) is 15.3. The summed E-state index contributed by atoms with van der Waals surface area (Å²) in [5.74, 6) is 0. The standard InChI is InChI=1S/C39H56N6O4/c1-4-31-12-11-30(27-32(31)5-2)29-45(38(48)49)25-16-35(44-20-13-33-9-7-8-10-36(33)40-37(44)47)28-39(45,17-26-46)43-23-21-42(22-24-43)34-14-18-41(6-3)19-15-34/h7-12,26-27,34-35H,4-6,13-25,28-29H2,1-3H3,(H-,40,47,48,49)/p+1/t35?,39?,45-/m0/s1. The Kier molecular flexibility index (Phi) is 11.1. The zero-order chi connectivity index (χ0) is 34.6. The number of nitrogens with zero attached hydrogens (tertiary/aromatic N) is 5. The number of urea groups is 1. The van der Waals surface area contributed by atoms with Gasteiger partial charge in [-0.1, -0.05) is 51.1 Å². The molecule has 49 heavy (non-hydrogen) atoms. The Bertz CT molecular complexity index is 1490. The zero-order valence-electron chi connectivity index (χ0n) is 29.9. The van der Waals surface area contributed by atoms with Crippen LogP contribution in [-0.4, -0.2) is 124 Å². The summed E-state index contributed by atoms with van der Waals surface area (Å²) in [6, 6.07) is 14.6. The topological polar surface area (TPSA) is 96.4 Å². The third-order valence-corrected chi connectivity index (χ3v) is 12.5. The van der Waals surface area contributed by atoms with E-state index in [1.54, 1.807) is 0 Å². The number of para-hydroxylation sites is 1. The van der Waals surface area contributed by atoms with E-state index in [0.717, 1.165) is 87.9 Å². The number of amides is 3. The van der Waals surface area contributed by atoms with Gasteiger partial charge in [0.05, 0.1) is 13.0 Å². The van der Waals surface area contributed by atoms with Crippen molar-refractivity contribution < 1.29 is 24.0 Å². The lowest BCUT2D eigenvalue weighted by Gasteiger charge is -2.59. The number of likely N-dealkylation sites (tertiary alicyclic amines) is 2. The van der Waals surface area contributed by atoms with Gasteiger partial charge in [-0.3, -0.25) is 4.90 Å². The third kappa shape index (κ3) is 6.89. The van der Waals surface area contributed by atoms with Crippen LogP contribution in [-0.2, 0) is 30.6 Å². The van der Waals surface area contributed by atoms with Gasteiger partial charge >= 0.3 is 12.1 Å². The minimum Gasteiger partial charge on any atom is -0.435 e. The average molecular weight is 674 g/mol. The lowest BCUT2D eigenvalue weighted by Crippen LogP contribution is -2.79. The van der Waals surface area contributed by atoms with E-state index in [4.69, 9.17) is 0 Å². The first kappa shape index (κ1) is 35.5. The summed E-state index contributed by atoms with van der Waals surface area (Å²) >= 11 is 0. The molecule has 3 atom stereocenters. The van der Waals surface area contributed by atoms with E-state index in [2.05, 4.69) is 65.1 Å². The Balaban J connectivity index is 1.34. The second-order valence-electron chi connectivity index (χ2n) is 14.7. The van der Waals surface area contributed by atoms with Crippen LogP contribution in [0.25, 0.3) is 0 Å². The fraction of sp³-hybridized carbons (Fsp3) is 0.615. The molecule has 266 valence electrons. The molecule has 4 heterocycles. The minimum atomic E-state index is -0.997. The summed E-state index contributed by atoms with van der Waals surface area (Å²) in [4.78, 5) is 50.0. The number of hydrogen-bond donors (Lipinski definition) is 2. The molecule has 3 amide bonds. The molecule has 3 saturated heterocycles. The highest BCUT2D eigenvalue weighted by molar-refractivity contribution is 5.91. The van der Waals surface area contributed by atoms with Crippen LogP contribution in [0.4, 0.5) is 15.3 Å². The Labute approximate surface area is 292 Å². The number of piperazine rings is 1. The van der Waals surface area contributed by atoms with Gasteiger partial charge in [0.25, 0.3) is 0 Å². The van der Waals surface area contributed by atoms with Gasteiger partial charge in [0.2, 0.25) is 0 Å². The molecule has 0 saturated carbocycles. The normalized spacial score (nSPS) is 27.7. The van der Waals surface area contributed by atoms with Gasteiger partial charge < -0.3 is 25.0 Å². The van der Waals surface area contributed by atoms with Crippen LogP contribution in [0, 0.1) is 0 Å². The van der Waals surface area contributed by atoms with Crippen LogP contribution in [0.15, 0.2) is 42.5 Å². The molecule has 4 aliphatic rings. The number of carbonyl (C=O) groups is 3. The molecular formula is C39H57N6O4+. The highest BCUT2D eigenvalue weighted by Crippen LogP contribution is 2.45. The lowest BCUT2D eigenvalue weighted by molar-refractivity contribution is -0.942. The highest BCUT2D eigenvalue weighted by Gasteiger charge is 2.64. The lowest BCUT2D eigenvalue weighted by atomic mass is 9.82. The van der Waals surface area contributed by atoms with Crippen molar-refractivity contribution in [1.82, 2.24) is 19.6 Å². The van der Waals surface area contributed by atoms with Crippen LogP contribution >= 0.6 is 0 Å². The van der Waals surface area contributed by atoms with E-state index >= 15 is 0 Å². The van der Waals surface area contributed by atoms with Gasteiger partial charge in [-0.25, -0.2) is 14.2 Å². The first-order valence-electron chi connectivity index (χ1n) is 18.8. The molecule has 10 heteroatoms. The first-order valence-corrected chi connectivity index (χ1v) is 18.8. The monoisotopic (exact) mass is 673 g/mol. The third-order valence-electron chi connectivity index (χ3n) is 12.5. The average Bonchev–Trinajstić information content (AvgIpc) is 3.30. The Hall–Kier alpha value is -3.31. The minimum absolute atomic E-state index is 0.105. The molecule has 2 unspecified atom stereocenters. The highest BCUT2D eigenvalue weighted by atomic mass is 16.4. The largest absolute Gasteiger partial charge is 0.515 e. The molecule has 6 rings (SSSR count). The summed E-state index contributed by atoms with van der Waals surface area (Å²) < 4.78 is -0.221. The smallest absolute Gasteiger partial charge is 0.435 e. The summed E-state index contributed by atoms with van der Waals surface area (Å²) in [5, 5.41) is 14.5. The summed E-state index contributed by atoms with van der Waals surface area (Å²) in [5.41, 5.74) is 4.48. The maximum atomic E-state index is 13.9. The molecule has 0 radical (unpaired) electrons. The number of quaternary nitrogens is 1. The number of piperidine rings is 2. The van der Waals surface area contributed by atoms with Gasteiger partial charge in [0, 0.05) is 68.9 Å². The Morgan fingerprint density at radius 3 is 2.35 bits per heavy atom. The Morgan fingerprint density at radius 2 is 1.67 bits per heavy atom. The molecular weight excluding hydrogens is 616 g/mol. The summed E-state index contributed by atoms with van der Waals surface area (Å²) in [6.07, 6.45) is 6.01. The first-order chi connectivity index (χ1) is 23.8. The number of hydrogen-bond acceptors (Lipinski definition) is 6. The maximum absolute atomic E-state index is 13.9. The van der Waals surface area contributed by atoms with Crippen LogP contribution in [0.3, 0.4) is 0 Å². The van der Waals surface area contributed by atoms with Gasteiger partial charge in [-0.2, -0.15) is 4.79 Å². The number of aryl methyl sites for hydroxylation is 2. The molecule has 3 fully saturated rings. The van der Waals surface area contributed by atoms with E-state index in [1.165, 1.54) is 11.1 Å². The SMILES string of the molecule is CCc1ccc(C[N@+]2(C(=O)O)CCC(N3CCc4ccccc4NC3=O)CC2(CC=O)N2CCN(C3CCN(CC)CC3)CC2)cc1CC. The van der Waals surface area contributed by atoms with Gasteiger partial charge in [-0.05, 0) is 80.6 Å². The van der Waals surface area contributed by atoms with E-state index in [1.807, 2.05) is 23.1 Å². The number of nitrogens with one attached hydrogen (secondary N) is 1. The van der Waals surface area contributed by atoms with Crippen LogP contribution in [0.5, 0.6) is 0 Å². The molecule has 10 nitrogen and oxygen atoms in total. The molecule has 0 bridgehead atoms. The van der Waals surface area contributed by atoms with Crippen LogP contribution in [0.1, 0.15) is 75.1 Å². The number of carbonyl (C=O) groups excluding carboxylic acids is 2. The maximum Gasteiger partial charge on any atom is 0.515 e. The van der Waals surface area contributed by atoms with Crippen molar-refractivity contribution in [3.8, 4) is 0 Å². The van der Waals surface area contributed by atoms with Crippen molar-refractivity contribution in [2.45, 2.75) is 96.4 Å². The predicted molar refractivity (Wildman–Crippen MR) is 193 cm³/mol. The van der Waals surface area contributed by atoms with Crippen molar-refractivity contribution in [3.63, 3.8) is 0 Å². The van der Waals surface area contributed by atoms with Crippen molar-refractivity contribution in [2.24, 2.45) is 0 Å². The number of fused-ring (bicyclic) bond motifs is 1. The molecule has 0 aromatic heterocycles. The van der Waals surface area contributed by atoms with Crippen molar-refractivity contribution >= 4 is 24.1 Å². The van der Waals surface area contributed by atoms with E-state index in [0.29, 0.717) is 51.6 Å². The quantitative estimate of drug-likeness (QED) is 0.256. The van der Waals surface area contributed by atoms with Crippen molar-refractivity contribution in [2.75, 3.05) is 64.2 Å². The summed E-state index contributed by atoms with van der Waals surface area (Å²) in [6.45, 7) is 14.2. The Morgan fingerprint density at radius 1 is 0.939 bits per heavy atom. The van der Waals surface area contributed by atoms with Crippen molar-refractivity contribution in [3.05, 3.63) is 64.7 Å². The second-order valence-corrected chi connectivity index (χ2v) is 14.7. The number of benzene rings is 2. The van der Waals surface area contributed by atoms with E-state index < -0.39 is 11.8 Å². The van der Waals surface area contributed by atoms with Crippen molar-refractivity contribution in [1.29, 1.82) is 0 Å². The number of aldehydes is 1. The molecule has 0 aliphatic carbocycles. The van der Waals surface area contributed by atoms with Gasteiger partial charge in [0.1, 0.15) is 12.8 Å². The van der Waals surface area contributed by atoms with Crippen LogP contribution < -0.4 is 5.32 Å². The van der Waals surface area contributed by atoms with Crippen LogP contribution in [0.2, 0.25) is 0 Å². The van der Waals surface area contributed by atoms with E-state index in [-0.39, 0.29) is 23.0 Å². The zero-order valence-corrected chi connectivity index (χ0v) is 29.9.